The fraction of sp³-hybridized carbons (Fsp3) is 0.409. The Morgan fingerprint density at radius 2 is 1.81 bits per heavy atom. The number of fused-ring (bicyclic) bond motifs is 1. The number of sulfonamides is 1. The van der Waals surface area contributed by atoms with Crippen molar-refractivity contribution in [3.8, 4) is 5.75 Å². The van der Waals surface area contributed by atoms with E-state index in [2.05, 4.69) is 4.90 Å². The third kappa shape index (κ3) is 4.69. The summed E-state index contributed by atoms with van der Waals surface area (Å²) in [4.78, 5) is 2.70. The van der Waals surface area contributed by atoms with Crippen molar-refractivity contribution in [2.24, 2.45) is 0 Å². The van der Waals surface area contributed by atoms with Gasteiger partial charge in [0.1, 0.15) is 5.75 Å². The van der Waals surface area contributed by atoms with Crippen molar-refractivity contribution < 1.29 is 17.6 Å². The van der Waals surface area contributed by atoms with Gasteiger partial charge in [0.15, 0.2) is 5.58 Å². The molecule has 1 aromatic heterocycles. The number of rotatable bonds is 7. The zero-order valence-electron chi connectivity index (χ0n) is 17.8. The molecule has 1 fully saturated rings. The van der Waals surface area contributed by atoms with E-state index < -0.39 is 10.0 Å². The summed E-state index contributed by atoms with van der Waals surface area (Å²) in [5.74, 6) is 0.817. The van der Waals surface area contributed by atoms with E-state index in [1.807, 2.05) is 35.9 Å². The van der Waals surface area contributed by atoms with E-state index in [1.54, 1.807) is 29.6 Å². The van der Waals surface area contributed by atoms with Gasteiger partial charge in [-0.1, -0.05) is 18.6 Å². The smallest absolute Gasteiger partial charge is 0.270 e. The van der Waals surface area contributed by atoms with Gasteiger partial charge in [-0.05, 0) is 68.0 Å². The molecular weight excluding hydrogens is 434 g/mol. The summed E-state index contributed by atoms with van der Waals surface area (Å²) in [6.45, 7) is 2.32. The molecule has 1 saturated heterocycles. The van der Waals surface area contributed by atoms with Gasteiger partial charge in [0.05, 0.1) is 24.2 Å². The van der Waals surface area contributed by atoms with Gasteiger partial charge < -0.3 is 9.15 Å². The Morgan fingerprint density at radius 1 is 1.10 bits per heavy atom. The van der Waals surface area contributed by atoms with Crippen molar-refractivity contribution in [1.29, 1.82) is 0 Å². The lowest BCUT2D eigenvalue weighted by molar-refractivity contribution is 0.257. The van der Waals surface area contributed by atoms with Crippen molar-refractivity contribution in [3.63, 3.8) is 0 Å². The van der Waals surface area contributed by atoms with Crippen LogP contribution in [0.25, 0.3) is 11.1 Å². The molecule has 0 saturated carbocycles. The molecule has 0 spiro atoms. The summed E-state index contributed by atoms with van der Waals surface area (Å²) in [6, 6.07) is 12.9. The average Bonchev–Trinajstić information content (AvgIpc) is 3.09. The number of hydrogen-bond donors (Lipinski definition) is 0. The average molecular weight is 462 g/mol. The van der Waals surface area contributed by atoms with Crippen LogP contribution < -0.4 is 4.74 Å². The summed E-state index contributed by atoms with van der Waals surface area (Å²) in [6.07, 6.45) is 2.88. The Balaban J connectivity index is 1.59. The van der Waals surface area contributed by atoms with Crippen LogP contribution in [0.2, 0.25) is 0 Å². The SMILES string of the molecule is COc1ccc(CN(C)Cn2c(=S)oc3ccc(S(=O)(=O)N4CCCCC4)cc32)cc1. The van der Waals surface area contributed by atoms with E-state index in [0.717, 1.165) is 30.6 Å². The van der Waals surface area contributed by atoms with E-state index in [-0.39, 0.29) is 4.90 Å². The number of benzene rings is 2. The topological polar surface area (TPSA) is 67.9 Å². The third-order valence-corrected chi connectivity index (χ3v) is 7.78. The van der Waals surface area contributed by atoms with E-state index in [1.165, 1.54) is 0 Å². The molecule has 7 nitrogen and oxygen atoms in total. The zero-order chi connectivity index (χ0) is 22.0. The molecule has 0 atom stereocenters. The molecule has 0 unspecified atom stereocenters. The second-order valence-electron chi connectivity index (χ2n) is 7.89. The standard InChI is InChI=1S/C22H27N3O4S2/c1-23(15-17-6-8-18(28-2)9-7-17)16-25-20-14-19(10-11-21(20)29-22(25)30)31(26,27)24-12-4-3-5-13-24/h6-11,14H,3-5,12-13,15-16H2,1-2H3. The molecule has 0 aliphatic carbocycles. The highest BCUT2D eigenvalue weighted by atomic mass is 32.2. The quantitative estimate of drug-likeness (QED) is 0.491. The van der Waals surface area contributed by atoms with Gasteiger partial charge in [-0.15, -0.1) is 0 Å². The van der Waals surface area contributed by atoms with Crippen LogP contribution in [0.3, 0.4) is 0 Å². The van der Waals surface area contributed by atoms with E-state index in [9.17, 15) is 8.42 Å². The van der Waals surface area contributed by atoms with Crippen LogP contribution in [0, 0.1) is 4.84 Å². The maximum Gasteiger partial charge on any atom is 0.270 e. The molecule has 2 aromatic carbocycles. The number of methoxy groups -OCH3 is 1. The Kier molecular flexibility index (Phi) is 6.47. The molecule has 0 radical (unpaired) electrons. The van der Waals surface area contributed by atoms with Crippen molar-refractivity contribution in [2.45, 2.75) is 37.4 Å². The molecule has 0 amide bonds. The van der Waals surface area contributed by atoms with E-state index >= 15 is 0 Å². The highest BCUT2D eigenvalue weighted by Gasteiger charge is 2.26. The third-order valence-electron chi connectivity index (χ3n) is 5.59. The lowest BCUT2D eigenvalue weighted by atomic mass is 10.2. The molecular formula is C22H27N3O4S2. The molecule has 3 aromatic rings. The highest BCUT2D eigenvalue weighted by molar-refractivity contribution is 7.89. The Morgan fingerprint density at radius 3 is 2.48 bits per heavy atom. The fourth-order valence-electron chi connectivity index (χ4n) is 3.92. The van der Waals surface area contributed by atoms with Crippen molar-refractivity contribution in [1.82, 2.24) is 13.8 Å². The second-order valence-corrected chi connectivity index (χ2v) is 10.2. The predicted octanol–water partition coefficient (Wildman–Crippen LogP) is 4.24. The van der Waals surface area contributed by atoms with Crippen LogP contribution in [0.5, 0.6) is 5.75 Å². The van der Waals surface area contributed by atoms with E-state index in [0.29, 0.717) is 42.2 Å². The van der Waals surface area contributed by atoms with Gasteiger partial charge in [-0.25, -0.2) is 8.42 Å². The molecule has 1 aliphatic rings. The molecule has 9 heteroatoms. The van der Waals surface area contributed by atoms with Gasteiger partial charge in [0.25, 0.3) is 4.84 Å². The molecule has 1 aliphatic heterocycles. The van der Waals surface area contributed by atoms with Crippen LogP contribution in [-0.2, 0) is 23.2 Å². The maximum atomic E-state index is 13.1. The Labute approximate surface area is 187 Å². The van der Waals surface area contributed by atoms with Crippen molar-refractivity contribution >= 4 is 33.3 Å². The summed E-state index contributed by atoms with van der Waals surface area (Å²) >= 11 is 5.42. The first-order chi connectivity index (χ1) is 14.9. The van der Waals surface area contributed by atoms with Crippen molar-refractivity contribution in [3.05, 3.63) is 52.9 Å². The van der Waals surface area contributed by atoms with Gasteiger partial charge in [0, 0.05) is 19.6 Å². The first-order valence-corrected chi connectivity index (χ1v) is 12.2. The first-order valence-electron chi connectivity index (χ1n) is 10.3. The van der Waals surface area contributed by atoms with Gasteiger partial charge in [-0.2, -0.15) is 4.31 Å². The van der Waals surface area contributed by atoms with Gasteiger partial charge >= 0.3 is 0 Å². The number of hydrogen-bond acceptors (Lipinski definition) is 6. The molecule has 0 bridgehead atoms. The maximum absolute atomic E-state index is 13.1. The summed E-state index contributed by atoms with van der Waals surface area (Å²) in [5.41, 5.74) is 2.40. The predicted molar refractivity (Wildman–Crippen MR) is 122 cm³/mol. The molecule has 0 N–H and O–H groups in total. The number of ether oxygens (including phenoxy) is 1. The highest BCUT2D eigenvalue weighted by Crippen LogP contribution is 2.26. The minimum atomic E-state index is -3.53. The monoisotopic (exact) mass is 461 g/mol. The molecule has 4 rings (SSSR count). The molecule has 166 valence electrons. The van der Waals surface area contributed by atoms with Crippen LogP contribution in [-0.4, -0.2) is 49.4 Å². The number of piperidine rings is 1. The lowest BCUT2D eigenvalue weighted by Crippen LogP contribution is -2.35. The minimum Gasteiger partial charge on any atom is -0.497 e. The number of aromatic nitrogens is 1. The molecule has 31 heavy (non-hydrogen) atoms. The summed E-state index contributed by atoms with van der Waals surface area (Å²) in [7, 11) is 0.105. The fourth-order valence-corrected chi connectivity index (χ4v) is 5.71. The van der Waals surface area contributed by atoms with Crippen molar-refractivity contribution in [2.75, 3.05) is 27.2 Å². The Bertz CT molecular complexity index is 1210. The Hall–Kier alpha value is -2.20. The second kappa shape index (κ2) is 9.12. The first kappa shape index (κ1) is 22.0. The number of oxazole rings is 1. The van der Waals surface area contributed by atoms with Crippen LogP contribution >= 0.6 is 12.2 Å². The molecule has 2 heterocycles. The summed E-state index contributed by atoms with van der Waals surface area (Å²) < 4.78 is 40.5. The van der Waals surface area contributed by atoms with Crippen LogP contribution in [0.4, 0.5) is 0 Å². The zero-order valence-corrected chi connectivity index (χ0v) is 19.4. The van der Waals surface area contributed by atoms with Gasteiger partial charge in [0.2, 0.25) is 10.0 Å². The lowest BCUT2D eigenvalue weighted by Gasteiger charge is -2.25. The normalized spacial score (nSPS) is 15.6. The number of nitrogens with zero attached hydrogens (tertiary/aromatic N) is 3. The van der Waals surface area contributed by atoms with E-state index in [4.69, 9.17) is 21.4 Å². The largest absolute Gasteiger partial charge is 0.497 e. The summed E-state index contributed by atoms with van der Waals surface area (Å²) in [5, 5.41) is 0. The van der Waals surface area contributed by atoms with Crippen LogP contribution in [0.15, 0.2) is 51.8 Å². The minimum absolute atomic E-state index is 0.282. The van der Waals surface area contributed by atoms with Gasteiger partial charge in [-0.3, -0.25) is 9.47 Å². The van der Waals surface area contributed by atoms with Crippen LogP contribution in [0.1, 0.15) is 24.8 Å².